The number of benzene rings is 1. The summed E-state index contributed by atoms with van der Waals surface area (Å²) in [6.45, 7) is 10.3. The third-order valence-electron chi connectivity index (χ3n) is 4.73. The largest absolute Gasteiger partial charge is 0.496 e. The van der Waals surface area contributed by atoms with Gasteiger partial charge in [0.1, 0.15) is 5.75 Å². The second-order valence-corrected chi connectivity index (χ2v) is 7.22. The zero-order chi connectivity index (χ0) is 15.5. The van der Waals surface area contributed by atoms with E-state index in [2.05, 4.69) is 31.7 Å². The van der Waals surface area contributed by atoms with E-state index in [-0.39, 0.29) is 6.61 Å². The van der Waals surface area contributed by atoms with E-state index in [0.717, 1.165) is 36.9 Å². The van der Waals surface area contributed by atoms with Crippen molar-refractivity contribution in [3.63, 3.8) is 0 Å². The lowest BCUT2D eigenvalue weighted by molar-refractivity contribution is 0.107. The van der Waals surface area contributed by atoms with Crippen LogP contribution in [-0.2, 0) is 13.2 Å². The van der Waals surface area contributed by atoms with Crippen LogP contribution >= 0.6 is 0 Å². The zero-order valence-electron chi connectivity index (χ0n) is 13.9. The van der Waals surface area contributed by atoms with Gasteiger partial charge in [-0.1, -0.05) is 26.8 Å². The monoisotopic (exact) mass is 291 g/mol. The van der Waals surface area contributed by atoms with Crippen molar-refractivity contribution in [1.82, 2.24) is 4.90 Å². The molecule has 1 fully saturated rings. The molecule has 0 aromatic heterocycles. The second-order valence-electron chi connectivity index (χ2n) is 7.22. The fraction of sp³-hybridized carbons (Fsp3) is 0.667. The predicted molar refractivity (Wildman–Crippen MR) is 86.4 cm³/mol. The van der Waals surface area contributed by atoms with Crippen LogP contribution in [0.4, 0.5) is 0 Å². The zero-order valence-corrected chi connectivity index (χ0v) is 13.9. The number of aliphatic hydroxyl groups is 1. The van der Waals surface area contributed by atoms with Crippen LogP contribution in [-0.4, -0.2) is 30.2 Å². The summed E-state index contributed by atoms with van der Waals surface area (Å²) < 4.78 is 5.45. The molecule has 0 aliphatic carbocycles. The second kappa shape index (κ2) is 6.80. The van der Waals surface area contributed by atoms with Crippen molar-refractivity contribution in [3.05, 3.63) is 29.3 Å². The van der Waals surface area contributed by atoms with Crippen molar-refractivity contribution in [1.29, 1.82) is 0 Å². The maximum Gasteiger partial charge on any atom is 0.123 e. The highest BCUT2D eigenvalue weighted by molar-refractivity contribution is 5.37. The highest BCUT2D eigenvalue weighted by Gasteiger charge is 2.28. The molecule has 3 heteroatoms. The Kier molecular flexibility index (Phi) is 5.28. The van der Waals surface area contributed by atoms with Crippen molar-refractivity contribution in [3.8, 4) is 5.75 Å². The number of methoxy groups -OCH3 is 1. The Balaban J connectivity index is 2.00. The number of hydrogen-bond donors (Lipinski definition) is 1. The molecular formula is C18H29NO2. The van der Waals surface area contributed by atoms with Crippen molar-refractivity contribution < 1.29 is 9.84 Å². The number of likely N-dealkylation sites (tertiary alicyclic amines) is 1. The molecule has 0 radical (unpaired) electrons. The van der Waals surface area contributed by atoms with Crippen LogP contribution in [0.5, 0.6) is 5.75 Å². The van der Waals surface area contributed by atoms with E-state index in [1.807, 2.05) is 12.1 Å². The number of aliphatic hydroxyl groups excluding tert-OH is 1. The highest BCUT2D eigenvalue weighted by atomic mass is 16.5. The van der Waals surface area contributed by atoms with Gasteiger partial charge in [0.15, 0.2) is 0 Å². The van der Waals surface area contributed by atoms with E-state index in [1.165, 1.54) is 18.4 Å². The molecule has 118 valence electrons. The highest BCUT2D eigenvalue weighted by Crippen LogP contribution is 2.35. The molecule has 1 saturated heterocycles. The average molecular weight is 291 g/mol. The number of ether oxygens (including phenoxy) is 1. The lowest BCUT2D eigenvalue weighted by Crippen LogP contribution is -2.37. The summed E-state index contributed by atoms with van der Waals surface area (Å²) >= 11 is 0. The quantitative estimate of drug-likeness (QED) is 0.922. The minimum atomic E-state index is 0.0864. The van der Waals surface area contributed by atoms with Gasteiger partial charge in [-0.05, 0) is 55.0 Å². The van der Waals surface area contributed by atoms with Crippen LogP contribution < -0.4 is 4.74 Å². The number of nitrogens with zero attached hydrogens (tertiary/aromatic N) is 1. The molecule has 1 N–H and O–H groups in total. The molecule has 1 aromatic carbocycles. The lowest BCUT2D eigenvalue weighted by atomic mass is 9.75. The van der Waals surface area contributed by atoms with Crippen molar-refractivity contribution in [2.24, 2.45) is 11.3 Å². The molecule has 0 amide bonds. The van der Waals surface area contributed by atoms with Crippen molar-refractivity contribution >= 4 is 0 Å². The van der Waals surface area contributed by atoms with Gasteiger partial charge < -0.3 is 9.84 Å². The van der Waals surface area contributed by atoms with Gasteiger partial charge in [0.2, 0.25) is 0 Å². The Hall–Kier alpha value is -1.06. The first-order chi connectivity index (χ1) is 9.94. The Morgan fingerprint density at radius 2 is 1.90 bits per heavy atom. The SMILES string of the molecule is COc1ccc(CO)cc1CN1CCC(C(C)(C)C)CC1. The molecule has 3 nitrogen and oxygen atoms in total. The van der Waals surface area contributed by atoms with Crippen LogP contribution in [0.2, 0.25) is 0 Å². The summed E-state index contributed by atoms with van der Waals surface area (Å²) in [5.41, 5.74) is 2.55. The van der Waals surface area contributed by atoms with Crippen molar-refractivity contribution in [2.45, 2.75) is 46.8 Å². The first-order valence-corrected chi connectivity index (χ1v) is 7.93. The Labute approximate surface area is 128 Å². The van der Waals surface area contributed by atoms with Gasteiger partial charge in [0.05, 0.1) is 13.7 Å². The van der Waals surface area contributed by atoms with Gasteiger partial charge in [-0.3, -0.25) is 4.90 Å². The molecule has 0 saturated carbocycles. The summed E-state index contributed by atoms with van der Waals surface area (Å²) in [5, 5.41) is 9.30. The summed E-state index contributed by atoms with van der Waals surface area (Å²) in [6.07, 6.45) is 2.54. The molecule has 0 unspecified atom stereocenters. The van der Waals surface area contributed by atoms with Gasteiger partial charge in [-0.2, -0.15) is 0 Å². The van der Waals surface area contributed by atoms with Crippen LogP contribution in [0.15, 0.2) is 18.2 Å². The molecule has 0 atom stereocenters. The Morgan fingerprint density at radius 1 is 1.24 bits per heavy atom. The molecule has 1 aromatic rings. The van der Waals surface area contributed by atoms with Gasteiger partial charge in [0.25, 0.3) is 0 Å². The molecule has 0 bridgehead atoms. The summed E-state index contributed by atoms with van der Waals surface area (Å²) in [6, 6.07) is 5.95. The first kappa shape index (κ1) is 16.3. The maximum atomic E-state index is 9.30. The summed E-state index contributed by atoms with van der Waals surface area (Å²) in [4.78, 5) is 2.50. The molecule has 1 aliphatic heterocycles. The minimum absolute atomic E-state index is 0.0864. The Morgan fingerprint density at radius 3 is 2.43 bits per heavy atom. The van der Waals surface area contributed by atoms with E-state index in [0.29, 0.717) is 5.41 Å². The third kappa shape index (κ3) is 4.21. The van der Waals surface area contributed by atoms with Crippen molar-refractivity contribution in [2.75, 3.05) is 20.2 Å². The van der Waals surface area contributed by atoms with Gasteiger partial charge in [0, 0.05) is 12.1 Å². The standard InChI is InChI=1S/C18H29NO2/c1-18(2,3)16-7-9-19(10-8-16)12-15-11-14(13-20)5-6-17(15)21-4/h5-6,11,16,20H,7-10,12-13H2,1-4H3. The average Bonchev–Trinajstić information content (AvgIpc) is 2.46. The molecule has 21 heavy (non-hydrogen) atoms. The number of piperidine rings is 1. The van der Waals surface area contributed by atoms with Gasteiger partial charge in [-0.25, -0.2) is 0 Å². The van der Waals surface area contributed by atoms with Crippen LogP contribution in [0.3, 0.4) is 0 Å². The molecule has 1 aliphatic rings. The fourth-order valence-electron chi connectivity index (χ4n) is 3.25. The van der Waals surface area contributed by atoms with E-state index in [1.54, 1.807) is 7.11 Å². The molecule has 2 rings (SSSR count). The van der Waals surface area contributed by atoms with E-state index in [4.69, 9.17) is 4.74 Å². The maximum absolute atomic E-state index is 9.30. The minimum Gasteiger partial charge on any atom is -0.496 e. The van der Waals surface area contributed by atoms with E-state index in [9.17, 15) is 5.11 Å². The van der Waals surface area contributed by atoms with Gasteiger partial charge in [-0.15, -0.1) is 0 Å². The van der Waals surface area contributed by atoms with E-state index >= 15 is 0 Å². The fourth-order valence-corrected chi connectivity index (χ4v) is 3.25. The predicted octanol–water partition coefficient (Wildman–Crippen LogP) is 3.45. The van der Waals surface area contributed by atoms with Crippen LogP contribution in [0, 0.1) is 11.3 Å². The topological polar surface area (TPSA) is 32.7 Å². The molecule has 1 heterocycles. The summed E-state index contributed by atoms with van der Waals surface area (Å²) in [7, 11) is 1.71. The third-order valence-corrected chi connectivity index (χ3v) is 4.73. The number of hydrogen-bond acceptors (Lipinski definition) is 3. The lowest BCUT2D eigenvalue weighted by Gasteiger charge is -2.39. The smallest absolute Gasteiger partial charge is 0.123 e. The number of rotatable bonds is 4. The van der Waals surface area contributed by atoms with Crippen LogP contribution in [0.1, 0.15) is 44.7 Å². The molecule has 0 spiro atoms. The summed E-state index contributed by atoms with van der Waals surface area (Å²) in [5.74, 6) is 1.74. The first-order valence-electron chi connectivity index (χ1n) is 7.93. The van der Waals surface area contributed by atoms with Crippen LogP contribution in [0.25, 0.3) is 0 Å². The Bertz CT molecular complexity index is 457. The normalized spacial score (nSPS) is 18.0. The molecular weight excluding hydrogens is 262 g/mol. The van der Waals surface area contributed by atoms with E-state index < -0.39 is 0 Å². The van der Waals surface area contributed by atoms with Gasteiger partial charge >= 0.3 is 0 Å².